The molecule has 4 rings (SSSR count). The highest BCUT2D eigenvalue weighted by atomic mass is 32.2. The van der Waals surface area contributed by atoms with Crippen molar-refractivity contribution in [2.24, 2.45) is 0 Å². The second-order valence-corrected chi connectivity index (χ2v) is 8.19. The molecule has 0 amide bonds. The normalized spacial score (nSPS) is 17.5. The molecule has 26 heavy (non-hydrogen) atoms. The first-order valence-electron chi connectivity index (χ1n) is 8.43. The summed E-state index contributed by atoms with van der Waals surface area (Å²) >= 11 is 0. The molecule has 2 aromatic carbocycles. The summed E-state index contributed by atoms with van der Waals surface area (Å²) in [5, 5.41) is 0. The van der Waals surface area contributed by atoms with E-state index >= 15 is 0 Å². The number of likely N-dealkylation sites (N-methyl/N-ethyl adjacent to an activating group) is 1. The molecule has 136 valence electrons. The molecule has 1 N–H and O–H groups in total. The zero-order valence-electron chi connectivity index (χ0n) is 14.5. The van der Waals surface area contributed by atoms with E-state index in [2.05, 4.69) is 16.8 Å². The number of aromatic nitrogens is 1. The molecule has 1 atom stereocenters. The maximum atomic E-state index is 13.3. The Kier molecular flexibility index (Phi) is 3.80. The second-order valence-electron chi connectivity index (χ2n) is 6.33. The number of aromatic amines is 1. The predicted octanol–water partition coefficient (Wildman–Crippen LogP) is 2.54. The Hall–Kier alpha value is -2.74. The van der Waals surface area contributed by atoms with Gasteiger partial charge in [-0.3, -0.25) is 9.29 Å². The number of nitrogens with zero attached hydrogens (tertiary/aromatic N) is 2. The zero-order valence-corrected chi connectivity index (χ0v) is 15.3. The van der Waals surface area contributed by atoms with Crippen LogP contribution in [0.3, 0.4) is 0 Å². The van der Waals surface area contributed by atoms with Crippen molar-refractivity contribution in [2.75, 3.05) is 22.3 Å². The van der Waals surface area contributed by atoms with Crippen LogP contribution >= 0.6 is 0 Å². The minimum absolute atomic E-state index is 0.0404. The summed E-state index contributed by atoms with van der Waals surface area (Å²) in [5.74, 6) is -0.606. The van der Waals surface area contributed by atoms with Crippen LogP contribution in [-0.4, -0.2) is 32.5 Å². The third-order valence-corrected chi connectivity index (χ3v) is 6.52. The van der Waals surface area contributed by atoms with Gasteiger partial charge in [-0.05, 0) is 38.1 Å². The molecule has 0 fully saturated rings. The third kappa shape index (κ3) is 2.48. The van der Waals surface area contributed by atoms with Crippen molar-refractivity contribution >= 4 is 32.5 Å². The van der Waals surface area contributed by atoms with Gasteiger partial charge in [-0.25, -0.2) is 13.2 Å². The highest BCUT2D eigenvalue weighted by Gasteiger charge is 2.35. The van der Waals surface area contributed by atoms with Crippen molar-refractivity contribution < 1.29 is 12.8 Å². The van der Waals surface area contributed by atoms with E-state index in [1.165, 1.54) is 16.4 Å². The minimum atomic E-state index is -3.79. The number of sulfonamides is 1. The van der Waals surface area contributed by atoms with E-state index in [0.717, 1.165) is 12.2 Å². The van der Waals surface area contributed by atoms with Crippen LogP contribution in [0.1, 0.15) is 13.8 Å². The van der Waals surface area contributed by atoms with E-state index in [1.807, 2.05) is 31.2 Å². The van der Waals surface area contributed by atoms with Gasteiger partial charge < -0.3 is 9.32 Å². The maximum Gasteiger partial charge on any atom is 0.417 e. The molecule has 0 saturated heterocycles. The summed E-state index contributed by atoms with van der Waals surface area (Å²) in [6, 6.07) is 12.0. The van der Waals surface area contributed by atoms with E-state index in [1.54, 1.807) is 6.07 Å². The summed E-state index contributed by atoms with van der Waals surface area (Å²) in [5.41, 5.74) is 2.25. The first kappa shape index (κ1) is 16.7. The van der Waals surface area contributed by atoms with Gasteiger partial charge in [0.25, 0.3) is 10.0 Å². The standard InChI is InChI=1S/C18H19N3O4S/c1-3-20-12(2)11-21(16-7-5-4-6-15(16)20)26(23,24)13-8-9-14-17(10-13)25-18(22)19-14/h4-10,12H,3,11H2,1-2H3,(H,19,22). The first-order valence-corrected chi connectivity index (χ1v) is 9.87. The molecule has 8 heteroatoms. The number of anilines is 2. The molecule has 1 aliphatic rings. The average Bonchev–Trinajstić information content (AvgIpc) is 3.00. The lowest BCUT2D eigenvalue weighted by Gasteiger charge is -2.42. The van der Waals surface area contributed by atoms with Gasteiger partial charge in [0.2, 0.25) is 0 Å². The number of hydrogen-bond acceptors (Lipinski definition) is 5. The summed E-state index contributed by atoms with van der Waals surface area (Å²) in [6.07, 6.45) is 0. The molecule has 3 aromatic rings. The number of fused-ring (bicyclic) bond motifs is 2. The molecule has 1 aromatic heterocycles. The summed E-state index contributed by atoms with van der Waals surface area (Å²) in [4.78, 5) is 16.1. The molecule has 0 spiro atoms. The quantitative estimate of drug-likeness (QED) is 0.762. The van der Waals surface area contributed by atoms with E-state index in [-0.39, 0.29) is 16.5 Å². The summed E-state index contributed by atoms with van der Waals surface area (Å²) < 4.78 is 33.1. The van der Waals surface area contributed by atoms with E-state index in [0.29, 0.717) is 17.7 Å². The van der Waals surface area contributed by atoms with E-state index in [4.69, 9.17) is 4.42 Å². The predicted molar refractivity (Wildman–Crippen MR) is 100 cm³/mol. The SMILES string of the molecule is CCN1c2ccccc2N(S(=O)(=O)c2ccc3[nH]c(=O)oc3c2)CC1C. The molecule has 0 saturated carbocycles. The van der Waals surface area contributed by atoms with E-state index < -0.39 is 15.8 Å². The molecule has 0 aliphatic carbocycles. The van der Waals surface area contributed by atoms with Crippen LogP contribution in [0.2, 0.25) is 0 Å². The lowest BCUT2D eigenvalue weighted by Crippen LogP contribution is -2.49. The average molecular weight is 373 g/mol. The number of H-pyrrole nitrogens is 1. The van der Waals surface area contributed by atoms with Gasteiger partial charge in [0.1, 0.15) is 0 Å². The maximum absolute atomic E-state index is 13.3. The topological polar surface area (TPSA) is 86.6 Å². The third-order valence-electron chi connectivity index (χ3n) is 4.74. The second kappa shape index (κ2) is 5.91. The molecule has 1 unspecified atom stereocenters. The van der Waals surface area contributed by atoms with Crippen molar-refractivity contribution in [2.45, 2.75) is 24.8 Å². The van der Waals surface area contributed by atoms with Crippen LogP contribution in [0, 0.1) is 0 Å². The van der Waals surface area contributed by atoms with Crippen molar-refractivity contribution in [1.82, 2.24) is 4.98 Å². The Labute approximate surface area is 150 Å². The Morgan fingerprint density at radius 2 is 1.92 bits per heavy atom. The van der Waals surface area contributed by atoms with Crippen LogP contribution in [0.5, 0.6) is 0 Å². The number of benzene rings is 2. The van der Waals surface area contributed by atoms with Gasteiger partial charge in [-0.1, -0.05) is 12.1 Å². The molecular formula is C18H19N3O4S. The van der Waals surface area contributed by atoms with Crippen LogP contribution in [0.25, 0.3) is 11.1 Å². The molecule has 2 heterocycles. The van der Waals surface area contributed by atoms with Crippen molar-refractivity contribution in [3.63, 3.8) is 0 Å². The summed E-state index contributed by atoms with van der Waals surface area (Å²) in [7, 11) is -3.79. The fourth-order valence-electron chi connectivity index (χ4n) is 3.52. The lowest BCUT2D eigenvalue weighted by molar-refractivity contribution is 0.553. The van der Waals surface area contributed by atoms with Crippen molar-refractivity contribution in [3.05, 3.63) is 53.0 Å². The van der Waals surface area contributed by atoms with Crippen molar-refractivity contribution in [1.29, 1.82) is 0 Å². The molecule has 7 nitrogen and oxygen atoms in total. The van der Waals surface area contributed by atoms with Crippen molar-refractivity contribution in [3.8, 4) is 0 Å². The Bertz CT molecular complexity index is 1130. The fraction of sp³-hybridized carbons (Fsp3) is 0.278. The van der Waals surface area contributed by atoms with Crippen LogP contribution in [0.15, 0.2) is 56.6 Å². The molecule has 1 aliphatic heterocycles. The Balaban J connectivity index is 1.85. The molecule has 0 radical (unpaired) electrons. The largest absolute Gasteiger partial charge is 0.417 e. The number of hydrogen-bond donors (Lipinski definition) is 1. The number of rotatable bonds is 3. The number of nitrogens with one attached hydrogen (secondary N) is 1. The monoisotopic (exact) mass is 373 g/mol. The smallest absolute Gasteiger partial charge is 0.408 e. The summed E-state index contributed by atoms with van der Waals surface area (Å²) in [6.45, 7) is 5.21. The van der Waals surface area contributed by atoms with Gasteiger partial charge in [-0.2, -0.15) is 0 Å². The minimum Gasteiger partial charge on any atom is -0.408 e. The Morgan fingerprint density at radius 1 is 1.19 bits per heavy atom. The van der Waals surface area contributed by atoms with Gasteiger partial charge in [-0.15, -0.1) is 0 Å². The van der Waals surface area contributed by atoms with Crippen LogP contribution in [-0.2, 0) is 10.0 Å². The number of para-hydroxylation sites is 2. The van der Waals surface area contributed by atoms with Gasteiger partial charge in [0, 0.05) is 18.7 Å². The zero-order chi connectivity index (χ0) is 18.5. The van der Waals surface area contributed by atoms with Gasteiger partial charge in [0.15, 0.2) is 5.58 Å². The van der Waals surface area contributed by atoms with Crippen LogP contribution < -0.4 is 15.0 Å². The highest BCUT2D eigenvalue weighted by molar-refractivity contribution is 7.92. The van der Waals surface area contributed by atoms with Gasteiger partial charge >= 0.3 is 5.76 Å². The Morgan fingerprint density at radius 3 is 2.65 bits per heavy atom. The fourth-order valence-corrected chi connectivity index (χ4v) is 5.09. The van der Waals surface area contributed by atoms with Gasteiger partial charge in [0.05, 0.1) is 28.3 Å². The molecule has 0 bridgehead atoms. The lowest BCUT2D eigenvalue weighted by atomic mass is 10.1. The highest BCUT2D eigenvalue weighted by Crippen LogP contribution is 2.38. The molecular weight excluding hydrogens is 354 g/mol. The van der Waals surface area contributed by atoms with Crippen LogP contribution in [0.4, 0.5) is 11.4 Å². The van der Waals surface area contributed by atoms with E-state index in [9.17, 15) is 13.2 Å². The number of oxazole rings is 1. The first-order chi connectivity index (χ1) is 12.4.